The molecule has 0 aliphatic rings. The van der Waals surface area contributed by atoms with Crippen LogP contribution in [0.25, 0.3) is 21.8 Å². The maximum absolute atomic E-state index is 12.5. The number of pyridine rings is 1. The first-order chi connectivity index (χ1) is 11.7. The second-order valence-corrected chi connectivity index (χ2v) is 5.41. The first-order valence-electron chi connectivity index (χ1n) is 7.49. The molecular weight excluding hydrogens is 302 g/mol. The minimum Gasteiger partial charge on any atom is -0.360 e. The Kier molecular flexibility index (Phi) is 3.31. The summed E-state index contributed by atoms with van der Waals surface area (Å²) in [6, 6.07) is 16.5. The van der Waals surface area contributed by atoms with Gasteiger partial charge in [0, 0.05) is 28.7 Å². The molecule has 4 rings (SSSR count). The van der Waals surface area contributed by atoms with Crippen molar-refractivity contribution >= 4 is 39.2 Å². The number of aromatic amines is 1. The highest BCUT2D eigenvalue weighted by Gasteiger charge is 2.20. The molecule has 5 nitrogen and oxygen atoms in total. The summed E-state index contributed by atoms with van der Waals surface area (Å²) in [7, 11) is 0. The van der Waals surface area contributed by atoms with Gasteiger partial charge in [-0.25, -0.2) is 0 Å². The number of ketones is 1. The summed E-state index contributed by atoms with van der Waals surface area (Å²) < 4.78 is 0. The second kappa shape index (κ2) is 5.62. The number of Topliss-reactive ketones (excluding diaryl/α,β-unsaturated/α-hetero) is 1. The number of hydrogen-bond donors (Lipinski definition) is 2. The summed E-state index contributed by atoms with van der Waals surface area (Å²) in [6.07, 6.45) is 3.22. The molecule has 0 fully saturated rings. The fraction of sp³-hybridized carbons (Fsp3) is 0. The average molecular weight is 315 g/mol. The van der Waals surface area contributed by atoms with Gasteiger partial charge >= 0.3 is 0 Å². The first kappa shape index (κ1) is 14.1. The fourth-order valence-corrected chi connectivity index (χ4v) is 2.77. The Morgan fingerprint density at radius 1 is 0.958 bits per heavy atom. The third kappa shape index (κ3) is 2.32. The molecule has 24 heavy (non-hydrogen) atoms. The van der Waals surface area contributed by atoms with Crippen LogP contribution in [0.2, 0.25) is 0 Å². The molecule has 116 valence electrons. The number of rotatable bonds is 3. The van der Waals surface area contributed by atoms with Crippen LogP contribution in [0.15, 0.2) is 67.0 Å². The molecule has 2 aromatic carbocycles. The van der Waals surface area contributed by atoms with E-state index in [1.165, 1.54) is 0 Å². The maximum atomic E-state index is 12.5. The van der Waals surface area contributed by atoms with Crippen LogP contribution in [0.5, 0.6) is 0 Å². The number of H-pyrrole nitrogens is 1. The molecule has 0 bridgehead atoms. The molecule has 0 spiro atoms. The standard InChI is InChI=1S/C19H13N3O2/c23-18(14-11-21-15-8-2-1-7-13(14)15)19(24)22-16-9-3-5-12-6-4-10-20-17(12)16/h1-11,21H,(H,22,24). The number of fused-ring (bicyclic) bond motifs is 2. The minimum absolute atomic E-state index is 0.358. The van der Waals surface area contributed by atoms with Crippen molar-refractivity contribution in [3.8, 4) is 0 Å². The Labute approximate surface area is 137 Å². The smallest absolute Gasteiger partial charge is 0.296 e. The SMILES string of the molecule is O=C(Nc1cccc2cccnc12)C(=O)c1c[nH]c2ccccc12. The normalized spacial score (nSPS) is 10.8. The quantitative estimate of drug-likeness (QED) is 0.448. The minimum atomic E-state index is -0.682. The summed E-state index contributed by atoms with van der Waals surface area (Å²) in [4.78, 5) is 32.2. The van der Waals surface area contributed by atoms with Gasteiger partial charge < -0.3 is 10.3 Å². The van der Waals surface area contributed by atoms with Gasteiger partial charge in [-0.15, -0.1) is 0 Å². The Bertz CT molecular complexity index is 1080. The number of carbonyl (C=O) groups is 2. The van der Waals surface area contributed by atoms with Gasteiger partial charge in [-0.2, -0.15) is 0 Å². The van der Waals surface area contributed by atoms with Crippen molar-refractivity contribution < 1.29 is 9.59 Å². The number of anilines is 1. The van der Waals surface area contributed by atoms with Crippen LogP contribution < -0.4 is 5.32 Å². The zero-order valence-corrected chi connectivity index (χ0v) is 12.6. The molecule has 0 aliphatic carbocycles. The molecule has 4 aromatic rings. The van der Waals surface area contributed by atoms with E-state index in [1.807, 2.05) is 48.5 Å². The molecule has 5 heteroatoms. The summed E-state index contributed by atoms with van der Waals surface area (Å²) in [5.41, 5.74) is 2.35. The highest BCUT2D eigenvalue weighted by molar-refractivity contribution is 6.48. The molecule has 1 amide bonds. The van der Waals surface area contributed by atoms with Crippen molar-refractivity contribution in [1.29, 1.82) is 0 Å². The van der Waals surface area contributed by atoms with E-state index in [0.29, 0.717) is 16.8 Å². The van der Waals surface area contributed by atoms with Crippen LogP contribution >= 0.6 is 0 Å². The molecule has 2 aromatic heterocycles. The molecule has 0 unspecified atom stereocenters. The van der Waals surface area contributed by atoms with E-state index in [-0.39, 0.29) is 0 Å². The van der Waals surface area contributed by atoms with Crippen LogP contribution in [0.1, 0.15) is 10.4 Å². The van der Waals surface area contributed by atoms with Crippen molar-refractivity contribution in [2.24, 2.45) is 0 Å². The predicted molar refractivity (Wildman–Crippen MR) is 93.0 cm³/mol. The monoisotopic (exact) mass is 315 g/mol. The van der Waals surface area contributed by atoms with Gasteiger partial charge in [0.05, 0.1) is 16.8 Å². The van der Waals surface area contributed by atoms with E-state index < -0.39 is 11.7 Å². The lowest BCUT2D eigenvalue weighted by Gasteiger charge is -2.07. The van der Waals surface area contributed by atoms with Gasteiger partial charge in [-0.3, -0.25) is 14.6 Å². The van der Waals surface area contributed by atoms with Gasteiger partial charge in [0.25, 0.3) is 11.7 Å². The van der Waals surface area contributed by atoms with E-state index in [4.69, 9.17) is 0 Å². The molecule has 0 saturated carbocycles. The van der Waals surface area contributed by atoms with Crippen LogP contribution in [0.3, 0.4) is 0 Å². The molecule has 2 N–H and O–H groups in total. The summed E-state index contributed by atoms with van der Waals surface area (Å²) in [5.74, 6) is -1.27. The van der Waals surface area contributed by atoms with Crippen molar-refractivity contribution in [3.63, 3.8) is 0 Å². The molecular formula is C19H13N3O2. The summed E-state index contributed by atoms with van der Waals surface area (Å²) in [6.45, 7) is 0. The lowest BCUT2D eigenvalue weighted by Crippen LogP contribution is -2.22. The van der Waals surface area contributed by atoms with Crippen molar-refractivity contribution in [2.45, 2.75) is 0 Å². The fourth-order valence-electron chi connectivity index (χ4n) is 2.77. The highest BCUT2D eigenvalue weighted by atomic mass is 16.2. The van der Waals surface area contributed by atoms with Crippen LogP contribution in [0.4, 0.5) is 5.69 Å². The average Bonchev–Trinajstić information content (AvgIpc) is 3.05. The predicted octanol–water partition coefficient (Wildman–Crippen LogP) is 3.54. The third-order valence-corrected chi connectivity index (χ3v) is 3.92. The van der Waals surface area contributed by atoms with E-state index in [9.17, 15) is 9.59 Å². The number of nitrogens with one attached hydrogen (secondary N) is 2. The Balaban J connectivity index is 1.67. The number of para-hydroxylation sites is 2. The number of aromatic nitrogens is 2. The molecule has 0 aliphatic heterocycles. The topological polar surface area (TPSA) is 74.8 Å². The summed E-state index contributed by atoms with van der Waals surface area (Å²) in [5, 5.41) is 4.30. The van der Waals surface area contributed by atoms with E-state index >= 15 is 0 Å². The maximum Gasteiger partial charge on any atom is 0.296 e. The third-order valence-electron chi connectivity index (χ3n) is 3.92. The largest absolute Gasteiger partial charge is 0.360 e. The Morgan fingerprint density at radius 2 is 1.79 bits per heavy atom. The van der Waals surface area contributed by atoms with Crippen molar-refractivity contribution in [3.05, 3.63) is 72.6 Å². The number of carbonyl (C=O) groups excluding carboxylic acids is 2. The van der Waals surface area contributed by atoms with Crippen molar-refractivity contribution in [2.75, 3.05) is 5.32 Å². The molecule has 0 saturated heterocycles. The van der Waals surface area contributed by atoms with Crippen molar-refractivity contribution in [1.82, 2.24) is 9.97 Å². The van der Waals surface area contributed by atoms with Gasteiger partial charge in [0.1, 0.15) is 0 Å². The molecule has 0 atom stereocenters. The van der Waals surface area contributed by atoms with E-state index in [2.05, 4.69) is 15.3 Å². The lowest BCUT2D eigenvalue weighted by molar-refractivity contribution is -0.112. The Hall–Kier alpha value is -3.47. The molecule has 2 heterocycles. The summed E-state index contributed by atoms with van der Waals surface area (Å²) >= 11 is 0. The zero-order chi connectivity index (χ0) is 16.5. The highest BCUT2D eigenvalue weighted by Crippen LogP contribution is 2.22. The van der Waals surface area contributed by atoms with Crippen LogP contribution in [-0.4, -0.2) is 21.7 Å². The number of hydrogen-bond acceptors (Lipinski definition) is 3. The number of amides is 1. The van der Waals surface area contributed by atoms with Gasteiger partial charge in [0.15, 0.2) is 0 Å². The van der Waals surface area contributed by atoms with Gasteiger partial charge in [0.2, 0.25) is 0 Å². The second-order valence-electron chi connectivity index (χ2n) is 5.41. The number of nitrogens with zero attached hydrogens (tertiary/aromatic N) is 1. The van der Waals surface area contributed by atoms with Crippen LogP contribution in [-0.2, 0) is 4.79 Å². The van der Waals surface area contributed by atoms with Gasteiger partial charge in [-0.1, -0.05) is 36.4 Å². The zero-order valence-electron chi connectivity index (χ0n) is 12.6. The first-order valence-corrected chi connectivity index (χ1v) is 7.49. The lowest BCUT2D eigenvalue weighted by atomic mass is 10.1. The number of benzene rings is 2. The van der Waals surface area contributed by atoms with Crippen LogP contribution in [0, 0.1) is 0 Å². The van der Waals surface area contributed by atoms with E-state index in [1.54, 1.807) is 18.5 Å². The van der Waals surface area contributed by atoms with E-state index in [0.717, 1.165) is 16.3 Å². The molecule has 0 radical (unpaired) electrons. The van der Waals surface area contributed by atoms with Gasteiger partial charge in [-0.05, 0) is 18.2 Å². The Morgan fingerprint density at radius 3 is 2.71 bits per heavy atom.